The van der Waals surface area contributed by atoms with Gasteiger partial charge in [-0.1, -0.05) is 45.4 Å². The Labute approximate surface area is 239 Å². The zero-order valence-electron chi connectivity index (χ0n) is 24.4. The summed E-state index contributed by atoms with van der Waals surface area (Å²) in [5.74, 6) is 2.18. The van der Waals surface area contributed by atoms with Crippen molar-refractivity contribution in [3.63, 3.8) is 0 Å². The summed E-state index contributed by atoms with van der Waals surface area (Å²) in [5, 5.41) is 3.22. The van der Waals surface area contributed by atoms with E-state index in [1.807, 2.05) is 36.8 Å². The van der Waals surface area contributed by atoms with Crippen molar-refractivity contribution in [3.05, 3.63) is 64.6 Å². The van der Waals surface area contributed by atoms with Crippen molar-refractivity contribution in [3.8, 4) is 0 Å². The largest absolute Gasteiger partial charge is 0.356 e. The maximum atomic E-state index is 13.8. The standard InChI is InChI=1S/C29H38ClN5O2.C2H6/c1-6-22-12-14-34(18-22)28-20(3)17-33(5)27(32-28)15-19(2)26-9-7-8-13-35(26)29(37)24-16-23(30)10-11-25(24)31-21(4)36;1-2/h10-11,15-17,22,26H,2,6-9,12-14,18H2,1,3-5H3,(H,31,36);1-2H3/b27-15-;/t22-,26-;/m0./s1. The first-order valence-corrected chi connectivity index (χ1v) is 14.6. The summed E-state index contributed by atoms with van der Waals surface area (Å²) in [6.45, 7) is 16.9. The fourth-order valence-corrected chi connectivity index (χ4v) is 5.64. The molecule has 3 aliphatic rings. The van der Waals surface area contributed by atoms with Crippen molar-refractivity contribution >= 4 is 34.9 Å². The molecule has 1 N–H and O–H groups in total. The number of amidine groups is 1. The van der Waals surface area contributed by atoms with Crippen LogP contribution in [0.4, 0.5) is 5.69 Å². The highest BCUT2D eigenvalue weighted by molar-refractivity contribution is 6.31. The number of hydrogen-bond acceptors (Lipinski definition) is 5. The molecule has 0 aromatic heterocycles. The van der Waals surface area contributed by atoms with Crippen molar-refractivity contribution in [2.24, 2.45) is 10.9 Å². The van der Waals surface area contributed by atoms with Gasteiger partial charge in [0.25, 0.3) is 5.91 Å². The molecule has 4 rings (SSSR count). The first-order chi connectivity index (χ1) is 18.7. The number of anilines is 1. The minimum atomic E-state index is -0.235. The van der Waals surface area contributed by atoms with Gasteiger partial charge in [0.2, 0.25) is 5.91 Å². The van der Waals surface area contributed by atoms with Crippen molar-refractivity contribution in [1.29, 1.82) is 0 Å². The molecule has 2 fully saturated rings. The number of hydrogen-bond donors (Lipinski definition) is 1. The summed E-state index contributed by atoms with van der Waals surface area (Å²) >= 11 is 6.24. The molecule has 2 atom stereocenters. The molecular formula is C31H44ClN5O2. The third-order valence-corrected chi connectivity index (χ3v) is 7.75. The monoisotopic (exact) mass is 553 g/mol. The van der Waals surface area contributed by atoms with E-state index in [4.69, 9.17) is 16.6 Å². The number of nitrogens with zero attached hydrogens (tertiary/aromatic N) is 4. The SMILES string of the molecule is C=C(/C=C1/N=C(N2CC[C@H](CC)C2)C(C)=CN1C)[C@@H]1CCCCN1C(=O)c1cc(Cl)ccc1NC(C)=O.CC. The second-order valence-corrected chi connectivity index (χ2v) is 10.8. The zero-order valence-corrected chi connectivity index (χ0v) is 25.1. The van der Waals surface area contributed by atoms with Crippen LogP contribution in [0, 0.1) is 5.92 Å². The van der Waals surface area contributed by atoms with Crippen LogP contribution in [0.1, 0.15) is 77.1 Å². The lowest BCUT2D eigenvalue weighted by molar-refractivity contribution is -0.114. The number of halogens is 1. The van der Waals surface area contributed by atoms with Crippen LogP contribution in [-0.4, -0.2) is 65.1 Å². The van der Waals surface area contributed by atoms with Gasteiger partial charge in [0.05, 0.1) is 17.3 Å². The summed E-state index contributed by atoms with van der Waals surface area (Å²) in [6.07, 6.45) is 9.28. The lowest BCUT2D eigenvalue weighted by Crippen LogP contribution is -2.44. The summed E-state index contributed by atoms with van der Waals surface area (Å²) in [7, 11) is 2.00. The topological polar surface area (TPSA) is 68.2 Å². The highest BCUT2D eigenvalue weighted by Crippen LogP contribution is 2.31. The Hall–Kier alpha value is -3.06. The molecule has 212 valence electrons. The number of carbonyl (C=O) groups excluding carboxylic acids is 2. The predicted octanol–water partition coefficient (Wildman–Crippen LogP) is 6.70. The highest BCUT2D eigenvalue weighted by atomic mass is 35.5. The fraction of sp³-hybridized carbons (Fsp3) is 0.516. The fourth-order valence-electron chi connectivity index (χ4n) is 5.47. The second kappa shape index (κ2) is 13.8. The van der Waals surface area contributed by atoms with E-state index in [1.54, 1.807) is 18.2 Å². The Morgan fingerprint density at radius 1 is 1.21 bits per heavy atom. The molecule has 2 saturated heterocycles. The van der Waals surface area contributed by atoms with Gasteiger partial charge >= 0.3 is 0 Å². The average molecular weight is 554 g/mol. The molecule has 0 bridgehead atoms. The summed E-state index contributed by atoms with van der Waals surface area (Å²) in [4.78, 5) is 36.8. The number of amides is 2. The predicted molar refractivity (Wildman–Crippen MR) is 162 cm³/mol. The molecular weight excluding hydrogens is 510 g/mol. The van der Waals surface area contributed by atoms with E-state index in [2.05, 4.69) is 36.8 Å². The molecule has 8 heteroatoms. The van der Waals surface area contributed by atoms with Crippen LogP contribution in [0.15, 0.2) is 59.0 Å². The van der Waals surface area contributed by atoms with Gasteiger partial charge in [0.1, 0.15) is 11.7 Å². The Kier molecular flexibility index (Phi) is 10.8. The zero-order chi connectivity index (χ0) is 28.7. The smallest absolute Gasteiger partial charge is 0.256 e. The highest BCUT2D eigenvalue weighted by Gasteiger charge is 2.31. The molecule has 3 heterocycles. The van der Waals surface area contributed by atoms with Crippen molar-refractivity contribution in [2.45, 2.75) is 72.8 Å². The molecule has 2 amide bonds. The van der Waals surface area contributed by atoms with E-state index in [9.17, 15) is 9.59 Å². The van der Waals surface area contributed by atoms with E-state index in [0.717, 1.165) is 55.2 Å². The molecule has 7 nitrogen and oxygen atoms in total. The van der Waals surface area contributed by atoms with E-state index < -0.39 is 0 Å². The summed E-state index contributed by atoms with van der Waals surface area (Å²) in [5.41, 5.74) is 2.86. The number of piperidine rings is 1. The van der Waals surface area contributed by atoms with Crippen LogP contribution in [-0.2, 0) is 4.79 Å². The number of carbonyl (C=O) groups is 2. The van der Waals surface area contributed by atoms with Gasteiger partial charge in [0.15, 0.2) is 0 Å². The molecule has 0 spiro atoms. The van der Waals surface area contributed by atoms with E-state index in [-0.39, 0.29) is 17.9 Å². The molecule has 1 aromatic carbocycles. The Bertz CT molecular complexity index is 1170. The van der Waals surface area contributed by atoms with Crippen LogP contribution in [0.25, 0.3) is 0 Å². The van der Waals surface area contributed by atoms with Crippen LogP contribution in [0.2, 0.25) is 5.02 Å². The van der Waals surface area contributed by atoms with E-state index in [0.29, 0.717) is 28.7 Å². The molecule has 39 heavy (non-hydrogen) atoms. The minimum Gasteiger partial charge on any atom is -0.356 e. The van der Waals surface area contributed by atoms with Crippen molar-refractivity contribution < 1.29 is 9.59 Å². The molecule has 1 aromatic rings. The van der Waals surface area contributed by atoms with Gasteiger partial charge in [-0.15, -0.1) is 0 Å². The quantitative estimate of drug-likeness (QED) is 0.440. The minimum absolute atomic E-state index is 0.157. The molecule has 3 aliphatic heterocycles. The van der Waals surface area contributed by atoms with Gasteiger partial charge in [-0.25, -0.2) is 4.99 Å². The van der Waals surface area contributed by atoms with Gasteiger partial charge in [0, 0.05) is 50.4 Å². The van der Waals surface area contributed by atoms with Crippen LogP contribution < -0.4 is 5.32 Å². The van der Waals surface area contributed by atoms with E-state index in [1.165, 1.54) is 19.8 Å². The van der Waals surface area contributed by atoms with Crippen molar-refractivity contribution in [2.75, 3.05) is 32.0 Å². The molecule has 0 radical (unpaired) electrons. The maximum absolute atomic E-state index is 13.8. The number of nitrogens with one attached hydrogen (secondary N) is 1. The maximum Gasteiger partial charge on any atom is 0.256 e. The Morgan fingerprint density at radius 2 is 1.95 bits per heavy atom. The third kappa shape index (κ3) is 7.33. The van der Waals surface area contributed by atoms with Crippen molar-refractivity contribution in [1.82, 2.24) is 14.7 Å². The van der Waals surface area contributed by atoms with Crippen LogP contribution in [0.3, 0.4) is 0 Å². The average Bonchev–Trinajstić information content (AvgIpc) is 3.41. The molecule has 0 aliphatic carbocycles. The third-order valence-electron chi connectivity index (χ3n) is 7.51. The van der Waals surface area contributed by atoms with Gasteiger partial charge < -0.3 is 20.0 Å². The lowest BCUT2D eigenvalue weighted by Gasteiger charge is -2.37. The lowest BCUT2D eigenvalue weighted by atomic mass is 9.94. The van der Waals surface area contributed by atoms with Gasteiger partial charge in [-0.2, -0.15) is 0 Å². The first kappa shape index (κ1) is 30.5. The first-order valence-electron chi connectivity index (χ1n) is 14.2. The number of likely N-dealkylation sites (tertiary alicyclic amines) is 2. The van der Waals surface area contributed by atoms with E-state index >= 15 is 0 Å². The second-order valence-electron chi connectivity index (χ2n) is 10.3. The van der Waals surface area contributed by atoms with Crippen LogP contribution >= 0.6 is 11.6 Å². The Balaban J connectivity index is 0.00000205. The summed E-state index contributed by atoms with van der Waals surface area (Å²) in [6, 6.07) is 4.82. The number of aliphatic imine (C=N–C) groups is 1. The molecule has 0 saturated carbocycles. The molecule has 0 unspecified atom stereocenters. The normalized spacial score (nSPS) is 22.1. The number of benzene rings is 1. The Morgan fingerprint density at radius 3 is 2.62 bits per heavy atom. The summed E-state index contributed by atoms with van der Waals surface area (Å²) < 4.78 is 0. The van der Waals surface area contributed by atoms with Crippen LogP contribution in [0.5, 0.6) is 0 Å². The number of rotatable bonds is 5. The van der Waals surface area contributed by atoms with Gasteiger partial charge in [-0.05, 0) is 68.4 Å². The van der Waals surface area contributed by atoms with Gasteiger partial charge in [-0.3, -0.25) is 9.59 Å².